The van der Waals surface area contributed by atoms with Crippen LogP contribution in [0.4, 0.5) is 8.78 Å². The molecular weight excluding hydrogens is 548 g/mol. The number of halogens is 3. The van der Waals surface area contributed by atoms with Crippen molar-refractivity contribution in [2.75, 3.05) is 26.7 Å². The number of carboxylic acids is 1. The first-order valence-electron chi connectivity index (χ1n) is 13.3. The summed E-state index contributed by atoms with van der Waals surface area (Å²) >= 11 is 6.59. The molecule has 1 aromatic rings. The molecule has 0 radical (unpaired) electrons. The van der Waals surface area contributed by atoms with Crippen LogP contribution in [0.1, 0.15) is 56.8 Å². The Morgan fingerprint density at radius 3 is 2.58 bits per heavy atom. The van der Waals surface area contributed by atoms with Crippen LogP contribution in [-0.4, -0.2) is 70.9 Å². The minimum absolute atomic E-state index is 0.154. The van der Waals surface area contributed by atoms with Crippen molar-refractivity contribution in [3.05, 3.63) is 39.7 Å². The van der Waals surface area contributed by atoms with Crippen molar-refractivity contribution in [3.8, 4) is 5.75 Å². The summed E-state index contributed by atoms with van der Waals surface area (Å²) in [7, 11) is 1.24. The molecule has 2 aliphatic heterocycles. The van der Waals surface area contributed by atoms with Gasteiger partial charge in [0.05, 0.1) is 17.0 Å². The average Bonchev–Trinajstić information content (AvgIpc) is 3.44. The van der Waals surface area contributed by atoms with Crippen molar-refractivity contribution in [2.24, 2.45) is 28.8 Å². The first-order valence-corrected chi connectivity index (χ1v) is 13.7. The van der Waals surface area contributed by atoms with Crippen LogP contribution in [0.25, 0.3) is 0 Å². The molecule has 10 nitrogen and oxygen atoms in total. The molecule has 3 aliphatic rings. The van der Waals surface area contributed by atoms with E-state index >= 15 is 0 Å². The third-order valence-electron chi connectivity index (χ3n) is 8.55. The van der Waals surface area contributed by atoms with Crippen LogP contribution in [0.5, 0.6) is 5.75 Å². The molecule has 13 heteroatoms. The molecule has 4 rings (SSSR count). The molecule has 2 fully saturated rings. The van der Waals surface area contributed by atoms with Crippen LogP contribution >= 0.6 is 11.6 Å². The highest BCUT2D eigenvalue weighted by Crippen LogP contribution is 2.48. The largest absolute Gasteiger partial charge is 0.487 e. The quantitative estimate of drug-likeness (QED) is 0.313. The van der Waals surface area contributed by atoms with Gasteiger partial charge in [0.1, 0.15) is 24.2 Å². The molecule has 0 spiro atoms. The van der Waals surface area contributed by atoms with E-state index in [4.69, 9.17) is 27.9 Å². The lowest BCUT2D eigenvalue weighted by atomic mass is 9.78. The zero-order chi connectivity index (χ0) is 29.5. The van der Waals surface area contributed by atoms with Gasteiger partial charge in [0, 0.05) is 36.6 Å². The van der Waals surface area contributed by atoms with Crippen LogP contribution in [0.3, 0.4) is 0 Å². The van der Waals surface area contributed by atoms with Gasteiger partial charge in [0.15, 0.2) is 0 Å². The van der Waals surface area contributed by atoms with Gasteiger partial charge >= 0.3 is 5.97 Å². The van der Waals surface area contributed by atoms with E-state index in [0.717, 1.165) is 5.01 Å². The van der Waals surface area contributed by atoms with Crippen molar-refractivity contribution < 1.29 is 33.0 Å². The summed E-state index contributed by atoms with van der Waals surface area (Å²) in [5.74, 6) is 3.21. The number of nitrogens with two attached hydrogens (primary N) is 2. The smallest absolute Gasteiger partial charge is 0.310 e. The summed E-state index contributed by atoms with van der Waals surface area (Å²) in [6.07, 6.45) is -1.53. The van der Waals surface area contributed by atoms with Gasteiger partial charge in [-0.2, -0.15) is 0 Å². The Kier molecular flexibility index (Phi) is 8.51. The molecule has 2 heterocycles. The van der Waals surface area contributed by atoms with Gasteiger partial charge in [0.2, 0.25) is 11.8 Å². The Bertz CT molecular complexity index is 1220. The third kappa shape index (κ3) is 5.18. The standard InChI is InChI=1S/C27H36ClF2N5O5/c1-14-8-11-34(24(14)36)23-20-15(9-12-35(23)25(37)16-5-4-10-27(16,2)26(38)39)17(28)6-7-19(20)40-13-18(31)21(22(29)30)33(3)32/h6-7,14,16,22-23H,4-5,8-13,31-32H2,1-3H3,(H,38,39)/b21-18-/t14-,16-,23?,27-/m0/s1. The van der Waals surface area contributed by atoms with Crippen LogP contribution in [-0.2, 0) is 20.8 Å². The number of fused-ring (bicyclic) bond motifs is 1. The molecule has 220 valence electrons. The molecule has 1 aliphatic carbocycles. The molecule has 5 N–H and O–H groups in total. The number of benzene rings is 1. The lowest BCUT2D eigenvalue weighted by Gasteiger charge is -2.45. The third-order valence-corrected chi connectivity index (χ3v) is 8.90. The van der Waals surface area contributed by atoms with Gasteiger partial charge in [0.25, 0.3) is 6.43 Å². The Hall–Kier alpha value is -3.12. The van der Waals surface area contributed by atoms with E-state index in [-0.39, 0.29) is 35.7 Å². The first kappa shape index (κ1) is 29.9. The predicted octanol–water partition coefficient (Wildman–Crippen LogP) is 3.10. The molecule has 1 saturated carbocycles. The summed E-state index contributed by atoms with van der Waals surface area (Å²) in [6.45, 7) is 3.57. The maximum absolute atomic E-state index is 14.1. The van der Waals surface area contributed by atoms with Crippen molar-refractivity contribution in [1.29, 1.82) is 0 Å². The number of allylic oxidation sites excluding steroid dienone is 1. The average molecular weight is 584 g/mol. The Morgan fingerprint density at radius 1 is 1.30 bits per heavy atom. The summed E-state index contributed by atoms with van der Waals surface area (Å²) in [6, 6.07) is 3.17. The predicted molar refractivity (Wildman–Crippen MR) is 143 cm³/mol. The minimum atomic E-state index is -2.93. The maximum atomic E-state index is 14.1. The van der Waals surface area contributed by atoms with E-state index in [1.807, 2.05) is 6.92 Å². The fourth-order valence-corrected chi connectivity index (χ4v) is 6.46. The van der Waals surface area contributed by atoms with Gasteiger partial charge in [-0.1, -0.05) is 24.9 Å². The molecule has 1 aromatic carbocycles. The fourth-order valence-electron chi connectivity index (χ4n) is 6.21. The summed E-state index contributed by atoms with van der Waals surface area (Å²) in [4.78, 5) is 42.8. The van der Waals surface area contributed by atoms with Crippen LogP contribution < -0.4 is 16.3 Å². The second kappa shape index (κ2) is 11.4. The fraction of sp³-hybridized carbons (Fsp3) is 0.593. The number of hydrogen-bond acceptors (Lipinski definition) is 7. The molecule has 0 aromatic heterocycles. The van der Waals surface area contributed by atoms with Crippen molar-refractivity contribution in [1.82, 2.24) is 14.8 Å². The highest BCUT2D eigenvalue weighted by atomic mass is 35.5. The number of hydrogen-bond donors (Lipinski definition) is 3. The molecule has 1 saturated heterocycles. The number of rotatable bonds is 8. The molecular formula is C27H36ClF2N5O5. The number of alkyl halides is 2. The maximum Gasteiger partial charge on any atom is 0.310 e. The van der Waals surface area contributed by atoms with Crippen LogP contribution in [0, 0.1) is 17.3 Å². The number of nitrogens with zero attached hydrogens (tertiary/aromatic N) is 3. The van der Waals surface area contributed by atoms with E-state index < -0.39 is 42.2 Å². The van der Waals surface area contributed by atoms with Crippen LogP contribution in [0.15, 0.2) is 23.5 Å². The number of carboxylic acid groups (broad SMARTS) is 1. The van der Waals surface area contributed by atoms with Gasteiger partial charge in [-0.3, -0.25) is 14.4 Å². The highest BCUT2D eigenvalue weighted by Gasteiger charge is 2.53. The SMILES string of the molecule is C[C@H]1CCN(C2c3c(OC/C(N)=C(\C(F)F)N(C)N)ccc(Cl)c3CCN2C(=O)[C@@H]2CCC[C@]2(C)C(=O)O)C1=O. The Balaban J connectivity index is 1.79. The second-order valence-corrected chi connectivity index (χ2v) is 11.5. The Labute approximate surface area is 236 Å². The van der Waals surface area contributed by atoms with E-state index in [1.165, 1.54) is 7.05 Å². The lowest BCUT2D eigenvalue weighted by molar-refractivity contribution is -0.161. The minimum Gasteiger partial charge on any atom is -0.487 e. The molecule has 40 heavy (non-hydrogen) atoms. The van der Waals surface area contributed by atoms with E-state index in [1.54, 1.807) is 28.9 Å². The van der Waals surface area contributed by atoms with Crippen LogP contribution in [0.2, 0.25) is 5.02 Å². The number of carbonyl (C=O) groups excluding carboxylic acids is 2. The molecule has 2 amide bonds. The van der Waals surface area contributed by atoms with Crippen molar-refractivity contribution in [3.63, 3.8) is 0 Å². The second-order valence-electron chi connectivity index (χ2n) is 11.1. The van der Waals surface area contributed by atoms with Crippen molar-refractivity contribution in [2.45, 2.75) is 58.5 Å². The number of aliphatic carboxylic acids is 1. The van der Waals surface area contributed by atoms with Gasteiger partial charge in [-0.15, -0.1) is 0 Å². The number of hydrazine groups is 1. The Morgan fingerprint density at radius 2 is 2.00 bits per heavy atom. The monoisotopic (exact) mass is 583 g/mol. The highest BCUT2D eigenvalue weighted by molar-refractivity contribution is 6.31. The normalized spacial score (nSPS) is 27.1. The van der Waals surface area contributed by atoms with Gasteiger partial charge in [-0.05, 0) is 50.3 Å². The zero-order valence-electron chi connectivity index (χ0n) is 22.8. The molecule has 0 bridgehead atoms. The summed E-state index contributed by atoms with van der Waals surface area (Å²) in [5.41, 5.74) is 4.97. The van der Waals surface area contributed by atoms with E-state index in [0.29, 0.717) is 54.8 Å². The van der Waals surface area contributed by atoms with Gasteiger partial charge in [-0.25, -0.2) is 14.6 Å². The van der Waals surface area contributed by atoms with E-state index in [2.05, 4.69) is 0 Å². The number of ether oxygens (including phenoxy) is 1. The number of likely N-dealkylation sites (tertiary alicyclic amines) is 1. The molecule has 4 atom stereocenters. The summed E-state index contributed by atoms with van der Waals surface area (Å²) < 4.78 is 33.0. The van der Waals surface area contributed by atoms with E-state index in [9.17, 15) is 28.3 Å². The van der Waals surface area contributed by atoms with Crippen molar-refractivity contribution >= 4 is 29.4 Å². The molecule has 1 unspecified atom stereocenters. The van der Waals surface area contributed by atoms with Gasteiger partial charge < -0.3 is 30.4 Å². The topological polar surface area (TPSA) is 142 Å². The summed E-state index contributed by atoms with van der Waals surface area (Å²) in [5, 5.41) is 11.1. The lowest BCUT2D eigenvalue weighted by Crippen LogP contribution is -2.53. The number of carbonyl (C=O) groups is 3. The zero-order valence-corrected chi connectivity index (χ0v) is 23.6. The number of amides is 2. The first-order chi connectivity index (χ1) is 18.8.